The van der Waals surface area contributed by atoms with E-state index in [9.17, 15) is 0 Å². The van der Waals surface area contributed by atoms with Crippen molar-refractivity contribution in [3.05, 3.63) is 0 Å². The standard InChI is InChI=1S/C4H10O4/c1-6-3-8-4(5)7-2/h4-5H,3H2,1-2H3. The molecule has 50 valence electrons. The van der Waals surface area contributed by atoms with Crippen LogP contribution in [0.15, 0.2) is 0 Å². The van der Waals surface area contributed by atoms with Gasteiger partial charge < -0.3 is 19.3 Å². The second-order valence-electron chi connectivity index (χ2n) is 1.12. The number of methoxy groups -OCH3 is 2. The molecule has 0 spiro atoms. The summed E-state index contributed by atoms with van der Waals surface area (Å²) in [6.45, 7) is -1.13. The van der Waals surface area contributed by atoms with Crippen molar-refractivity contribution in [1.82, 2.24) is 0 Å². The largest absolute Gasteiger partial charge is 0.358 e. The average molecular weight is 122 g/mol. The zero-order valence-electron chi connectivity index (χ0n) is 4.96. The molecular weight excluding hydrogens is 112 g/mol. The summed E-state index contributed by atoms with van der Waals surface area (Å²) in [6.07, 6.45) is 0. The summed E-state index contributed by atoms with van der Waals surface area (Å²) in [4.78, 5) is 0. The second-order valence-corrected chi connectivity index (χ2v) is 1.12. The van der Waals surface area contributed by atoms with E-state index in [1.807, 2.05) is 0 Å². The van der Waals surface area contributed by atoms with E-state index in [0.717, 1.165) is 0 Å². The predicted octanol–water partition coefficient (Wildman–Crippen LogP) is -0.471. The van der Waals surface area contributed by atoms with E-state index in [-0.39, 0.29) is 6.79 Å². The molecule has 0 aromatic carbocycles. The van der Waals surface area contributed by atoms with E-state index in [4.69, 9.17) is 5.11 Å². The van der Waals surface area contributed by atoms with Crippen molar-refractivity contribution in [3.8, 4) is 0 Å². The zero-order chi connectivity index (χ0) is 6.41. The Morgan fingerprint density at radius 3 is 2.50 bits per heavy atom. The third kappa shape index (κ3) is 4.01. The molecule has 0 rings (SSSR count). The number of aliphatic hydroxyl groups is 1. The summed E-state index contributed by atoms with van der Waals surface area (Å²) in [5.41, 5.74) is 0. The van der Waals surface area contributed by atoms with Crippen molar-refractivity contribution in [1.29, 1.82) is 0 Å². The summed E-state index contributed by atoms with van der Waals surface area (Å²) in [5, 5.41) is 8.46. The molecule has 1 unspecified atom stereocenters. The van der Waals surface area contributed by atoms with Crippen LogP contribution < -0.4 is 0 Å². The maximum absolute atomic E-state index is 8.46. The molecular formula is C4H10O4. The molecule has 0 saturated carbocycles. The Balaban J connectivity index is 2.86. The van der Waals surface area contributed by atoms with E-state index < -0.39 is 6.48 Å². The predicted molar refractivity (Wildman–Crippen MR) is 26.0 cm³/mol. The van der Waals surface area contributed by atoms with Crippen LogP contribution in [0.3, 0.4) is 0 Å². The lowest BCUT2D eigenvalue weighted by molar-refractivity contribution is -0.278. The molecule has 4 nitrogen and oxygen atoms in total. The normalized spacial score (nSPS) is 13.9. The highest BCUT2D eigenvalue weighted by Crippen LogP contribution is 1.84. The van der Waals surface area contributed by atoms with Crippen molar-refractivity contribution in [2.45, 2.75) is 6.48 Å². The molecule has 0 amide bonds. The highest BCUT2D eigenvalue weighted by atomic mass is 16.8. The van der Waals surface area contributed by atoms with Gasteiger partial charge in [0, 0.05) is 14.2 Å². The molecule has 4 heteroatoms. The minimum Gasteiger partial charge on any atom is -0.358 e. The van der Waals surface area contributed by atoms with Gasteiger partial charge in [0.15, 0.2) is 6.79 Å². The SMILES string of the molecule is COCOC(O)OC. The number of ether oxygens (including phenoxy) is 3. The maximum atomic E-state index is 8.46. The number of rotatable bonds is 4. The van der Waals surface area contributed by atoms with Crippen molar-refractivity contribution in [2.75, 3.05) is 21.0 Å². The van der Waals surface area contributed by atoms with Gasteiger partial charge in [-0.15, -0.1) is 0 Å². The van der Waals surface area contributed by atoms with Crippen LogP contribution >= 0.6 is 0 Å². The van der Waals surface area contributed by atoms with Crippen LogP contribution in [-0.4, -0.2) is 32.6 Å². The fraction of sp³-hybridized carbons (Fsp3) is 1.00. The van der Waals surface area contributed by atoms with Crippen molar-refractivity contribution in [2.24, 2.45) is 0 Å². The molecule has 0 aliphatic heterocycles. The highest BCUT2D eigenvalue weighted by molar-refractivity contribution is 4.06. The first kappa shape index (κ1) is 7.84. The first-order valence-corrected chi connectivity index (χ1v) is 2.12. The Hall–Kier alpha value is -0.160. The molecule has 0 fully saturated rings. The first-order valence-electron chi connectivity index (χ1n) is 2.12. The van der Waals surface area contributed by atoms with Crippen LogP contribution in [0.2, 0.25) is 0 Å². The van der Waals surface area contributed by atoms with Gasteiger partial charge in [-0.25, -0.2) is 0 Å². The second kappa shape index (κ2) is 4.99. The van der Waals surface area contributed by atoms with Crippen molar-refractivity contribution in [3.63, 3.8) is 0 Å². The molecule has 0 heterocycles. The molecule has 0 aromatic rings. The van der Waals surface area contributed by atoms with E-state index >= 15 is 0 Å². The summed E-state index contributed by atoms with van der Waals surface area (Å²) < 4.78 is 13.2. The molecule has 8 heavy (non-hydrogen) atoms. The Bertz CT molecular complexity index is 47.3. The number of hydrogen-bond acceptors (Lipinski definition) is 4. The molecule has 1 atom stereocenters. The summed E-state index contributed by atoms with van der Waals surface area (Å²) in [7, 11) is 2.79. The highest BCUT2D eigenvalue weighted by Gasteiger charge is 1.96. The number of aliphatic hydroxyl groups excluding tert-OH is 1. The topological polar surface area (TPSA) is 47.9 Å². The quantitative estimate of drug-likeness (QED) is 0.512. The van der Waals surface area contributed by atoms with Crippen LogP contribution in [0.25, 0.3) is 0 Å². The molecule has 0 bridgehead atoms. The van der Waals surface area contributed by atoms with Crippen molar-refractivity contribution < 1.29 is 19.3 Å². The smallest absolute Gasteiger partial charge is 0.270 e. The van der Waals surface area contributed by atoms with Crippen LogP contribution in [0.5, 0.6) is 0 Å². The van der Waals surface area contributed by atoms with Gasteiger partial charge in [0.1, 0.15) is 0 Å². The van der Waals surface area contributed by atoms with E-state index in [1.165, 1.54) is 14.2 Å². The molecule has 1 N–H and O–H groups in total. The van der Waals surface area contributed by atoms with Crippen molar-refractivity contribution >= 4 is 0 Å². The van der Waals surface area contributed by atoms with Gasteiger partial charge in [0.05, 0.1) is 0 Å². The Morgan fingerprint density at radius 2 is 2.12 bits per heavy atom. The number of hydrogen-bond donors (Lipinski definition) is 1. The average Bonchev–Trinajstić information content (AvgIpc) is 1.83. The van der Waals surface area contributed by atoms with Gasteiger partial charge in [-0.1, -0.05) is 0 Å². The Kier molecular flexibility index (Phi) is 4.89. The lowest BCUT2D eigenvalue weighted by atomic mass is 11.2. The zero-order valence-corrected chi connectivity index (χ0v) is 4.96. The third-order valence-corrected chi connectivity index (χ3v) is 0.530. The molecule has 0 aliphatic rings. The summed E-state index contributed by atoms with van der Waals surface area (Å²) in [6, 6.07) is 0. The van der Waals surface area contributed by atoms with Crippen LogP contribution in [-0.2, 0) is 14.2 Å². The van der Waals surface area contributed by atoms with Crippen LogP contribution in [0.1, 0.15) is 0 Å². The van der Waals surface area contributed by atoms with Gasteiger partial charge in [-0.2, -0.15) is 0 Å². The van der Waals surface area contributed by atoms with Gasteiger partial charge in [-0.3, -0.25) is 0 Å². The molecule has 0 aromatic heterocycles. The molecule has 0 radical (unpaired) electrons. The maximum Gasteiger partial charge on any atom is 0.270 e. The third-order valence-electron chi connectivity index (χ3n) is 0.530. The fourth-order valence-corrected chi connectivity index (χ4v) is 0.194. The minimum absolute atomic E-state index is 0.0367. The van der Waals surface area contributed by atoms with Gasteiger partial charge in [-0.05, 0) is 0 Å². The monoisotopic (exact) mass is 122 g/mol. The summed E-state index contributed by atoms with van der Waals surface area (Å²) >= 11 is 0. The lowest BCUT2D eigenvalue weighted by Crippen LogP contribution is -2.15. The lowest BCUT2D eigenvalue weighted by Gasteiger charge is -2.06. The Labute approximate surface area is 48.0 Å². The Morgan fingerprint density at radius 1 is 1.50 bits per heavy atom. The first-order chi connectivity index (χ1) is 3.81. The van der Waals surface area contributed by atoms with Crippen LogP contribution in [0, 0.1) is 0 Å². The van der Waals surface area contributed by atoms with E-state index in [1.54, 1.807) is 0 Å². The minimum atomic E-state index is -1.17. The van der Waals surface area contributed by atoms with E-state index in [0.29, 0.717) is 0 Å². The van der Waals surface area contributed by atoms with Gasteiger partial charge >= 0.3 is 0 Å². The van der Waals surface area contributed by atoms with Crippen LogP contribution in [0.4, 0.5) is 0 Å². The van der Waals surface area contributed by atoms with Gasteiger partial charge in [0.25, 0.3) is 6.48 Å². The summed E-state index contributed by atoms with van der Waals surface area (Å²) in [5.74, 6) is 0. The van der Waals surface area contributed by atoms with Gasteiger partial charge in [0.2, 0.25) is 0 Å². The molecule has 0 saturated heterocycles. The van der Waals surface area contributed by atoms with E-state index in [2.05, 4.69) is 14.2 Å². The molecule has 0 aliphatic carbocycles. The fourth-order valence-electron chi connectivity index (χ4n) is 0.194.